The topological polar surface area (TPSA) is 47.7 Å². The zero-order valence-electron chi connectivity index (χ0n) is 12.5. The number of hydrogen-bond acceptors (Lipinski definition) is 4. The van der Waals surface area contributed by atoms with E-state index >= 15 is 0 Å². The maximum absolute atomic E-state index is 5.93. The number of nitrogens with zero attached hydrogens (tertiary/aromatic N) is 1. The van der Waals surface area contributed by atoms with E-state index < -0.39 is 0 Å². The van der Waals surface area contributed by atoms with Crippen LogP contribution in [-0.4, -0.2) is 50.6 Å². The maximum atomic E-state index is 5.93. The van der Waals surface area contributed by atoms with Crippen LogP contribution in [0.15, 0.2) is 0 Å². The van der Waals surface area contributed by atoms with Gasteiger partial charge in [0.25, 0.3) is 0 Å². The Kier molecular flexibility index (Phi) is 7.24. The van der Waals surface area contributed by atoms with Crippen molar-refractivity contribution in [1.82, 2.24) is 4.90 Å². The van der Waals surface area contributed by atoms with Gasteiger partial charge in [0, 0.05) is 26.8 Å². The minimum atomic E-state index is -0.313. The van der Waals surface area contributed by atoms with Gasteiger partial charge in [0.1, 0.15) is 0 Å². The van der Waals surface area contributed by atoms with Gasteiger partial charge in [-0.1, -0.05) is 13.8 Å². The predicted molar refractivity (Wildman–Crippen MR) is 71.9 cm³/mol. The molecule has 2 N–H and O–H groups in total. The van der Waals surface area contributed by atoms with Gasteiger partial charge in [-0.3, -0.25) is 4.90 Å². The fraction of sp³-hybridized carbons (Fsp3) is 1.00. The van der Waals surface area contributed by atoms with Crippen molar-refractivity contribution >= 4 is 0 Å². The fourth-order valence-corrected chi connectivity index (χ4v) is 2.35. The summed E-state index contributed by atoms with van der Waals surface area (Å²) in [6.45, 7) is 9.26. The molecule has 2 atom stereocenters. The van der Waals surface area contributed by atoms with Gasteiger partial charge < -0.3 is 15.2 Å². The molecule has 17 heavy (non-hydrogen) atoms. The average molecular weight is 246 g/mol. The van der Waals surface area contributed by atoms with Crippen LogP contribution in [0.3, 0.4) is 0 Å². The molecule has 0 aliphatic carbocycles. The van der Waals surface area contributed by atoms with Crippen molar-refractivity contribution < 1.29 is 9.47 Å². The van der Waals surface area contributed by atoms with Crippen LogP contribution in [0.4, 0.5) is 0 Å². The van der Waals surface area contributed by atoms with Gasteiger partial charge in [0.2, 0.25) is 0 Å². The number of ether oxygens (including phenoxy) is 2. The van der Waals surface area contributed by atoms with Crippen LogP contribution in [0.25, 0.3) is 0 Å². The van der Waals surface area contributed by atoms with Gasteiger partial charge in [-0.05, 0) is 33.2 Å². The monoisotopic (exact) mass is 246 g/mol. The van der Waals surface area contributed by atoms with E-state index in [1.165, 1.54) is 0 Å². The summed E-state index contributed by atoms with van der Waals surface area (Å²) in [5.41, 5.74) is 5.62. The molecule has 0 saturated carbocycles. The van der Waals surface area contributed by atoms with E-state index in [0.717, 1.165) is 6.42 Å². The lowest BCUT2D eigenvalue weighted by Crippen LogP contribution is -2.61. The van der Waals surface area contributed by atoms with Crippen molar-refractivity contribution in [1.29, 1.82) is 0 Å². The standard InChI is InChI=1S/C13H30N2O2/c1-10(2)8-11(3)15(5)13(4,9-14)12(16-6)17-7/h10-12H,8-9,14H2,1-7H3. The molecule has 0 aliphatic heterocycles. The van der Waals surface area contributed by atoms with Gasteiger partial charge in [-0.15, -0.1) is 0 Å². The first kappa shape index (κ1) is 16.8. The maximum Gasteiger partial charge on any atom is 0.176 e. The highest BCUT2D eigenvalue weighted by Gasteiger charge is 2.39. The molecule has 0 aromatic carbocycles. The Morgan fingerprint density at radius 2 is 1.65 bits per heavy atom. The minimum absolute atomic E-state index is 0.308. The largest absolute Gasteiger partial charge is 0.354 e. The SMILES string of the molecule is COC(OC)C(C)(CN)N(C)C(C)CC(C)C. The molecule has 0 spiro atoms. The highest BCUT2D eigenvalue weighted by molar-refractivity contribution is 4.91. The first-order valence-corrected chi connectivity index (χ1v) is 6.32. The lowest BCUT2D eigenvalue weighted by Gasteiger charge is -2.45. The van der Waals surface area contributed by atoms with Crippen molar-refractivity contribution in [3.05, 3.63) is 0 Å². The third-order valence-electron chi connectivity index (χ3n) is 3.63. The summed E-state index contributed by atoms with van der Waals surface area (Å²) in [5, 5.41) is 0. The van der Waals surface area contributed by atoms with E-state index in [1.54, 1.807) is 14.2 Å². The van der Waals surface area contributed by atoms with Gasteiger partial charge in [-0.25, -0.2) is 0 Å². The van der Waals surface area contributed by atoms with Crippen LogP contribution in [0.1, 0.15) is 34.1 Å². The Labute approximate surface area is 106 Å². The predicted octanol–water partition coefficient (Wildman–Crippen LogP) is 1.69. The molecule has 0 saturated heterocycles. The molecule has 4 heteroatoms. The van der Waals surface area contributed by atoms with Crippen LogP contribution >= 0.6 is 0 Å². The summed E-state index contributed by atoms with van der Waals surface area (Å²) < 4.78 is 10.8. The second-order valence-electron chi connectivity index (χ2n) is 5.45. The van der Waals surface area contributed by atoms with E-state index in [-0.39, 0.29) is 11.8 Å². The fourth-order valence-electron chi connectivity index (χ4n) is 2.35. The summed E-state index contributed by atoms with van der Waals surface area (Å²) in [7, 11) is 5.40. The normalized spacial score (nSPS) is 17.8. The van der Waals surface area contributed by atoms with Crippen LogP contribution < -0.4 is 5.73 Å². The van der Waals surface area contributed by atoms with E-state index in [4.69, 9.17) is 15.2 Å². The number of hydrogen-bond donors (Lipinski definition) is 1. The lowest BCUT2D eigenvalue weighted by atomic mass is 9.94. The van der Waals surface area contributed by atoms with Crippen LogP contribution in [0.2, 0.25) is 0 Å². The smallest absolute Gasteiger partial charge is 0.176 e. The van der Waals surface area contributed by atoms with E-state index in [0.29, 0.717) is 18.5 Å². The van der Waals surface area contributed by atoms with Crippen LogP contribution in [-0.2, 0) is 9.47 Å². The molecular formula is C13H30N2O2. The number of nitrogens with two attached hydrogens (primary N) is 1. The van der Waals surface area contributed by atoms with Crippen molar-refractivity contribution in [3.8, 4) is 0 Å². The Hall–Kier alpha value is -0.160. The van der Waals surface area contributed by atoms with Gasteiger partial charge in [0.05, 0.1) is 5.54 Å². The third kappa shape index (κ3) is 4.21. The van der Waals surface area contributed by atoms with Crippen molar-refractivity contribution in [2.45, 2.75) is 52.0 Å². The average Bonchev–Trinajstić information content (AvgIpc) is 2.28. The Balaban J connectivity index is 4.82. The summed E-state index contributed by atoms with van der Waals surface area (Å²) in [6, 6.07) is 0.441. The highest BCUT2D eigenvalue weighted by atomic mass is 16.7. The molecule has 0 aromatic heterocycles. The molecule has 0 radical (unpaired) electrons. The van der Waals surface area contributed by atoms with Crippen LogP contribution in [0.5, 0.6) is 0 Å². The van der Waals surface area contributed by atoms with Crippen molar-refractivity contribution in [2.75, 3.05) is 27.8 Å². The molecule has 0 rings (SSSR count). The summed E-state index contributed by atoms with van der Waals surface area (Å²) in [4.78, 5) is 2.27. The minimum Gasteiger partial charge on any atom is -0.354 e. The first-order valence-electron chi connectivity index (χ1n) is 6.32. The van der Waals surface area contributed by atoms with E-state index in [9.17, 15) is 0 Å². The van der Waals surface area contributed by atoms with Gasteiger partial charge in [0.15, 0.2) is 6.29 Å². The second kappa shape index (κ2) is 7.31. The molecule has 0 aliphatic rings. The van der Waals surface area contributed by atoms with Gasteiger partial charge in [-0.2, -0.15) is 0 Å². The second-order valence-corrected chi connectivity index (χ2v) is 5.45. The molecule has 0 aromatic rings. The molecule has 104 valence electrons. The summed E-state index contributed by atoms with van der Waals surface area (Å²) >= 11 is 0. The van der Waals surface area contributed by atoms with Gasteiger partial charge >= 0.3 is 0 Å². The lowest BCUT2D eigenvalue weighted by molar-refractivity contribution is -0.183. The molecular weight excluding hydrogens is 216 g/mol. The van der Waals surface area contributed by atoms with Crippen molar-refractivity contribution in [2.24, 2.45) is 11.7 Å². The van der Waals surface area contributed by atoms with E-state index in [1.807, 2.05) is 0 Å². The van der Waals surface area contributed by atoms with Crippen molar-refractivity contribution in [3.63, 3.8) is 0 Å². The number of likely N-dealkylation sites (N-methyl/N-ethyl adjacent to an activating group) is 1. The summed E-state index contributed by atoms with van der Waals surface area (Å²) in [5.74, 6) is 0.665. The zero-order chi connectivity index (χ0) is 13.6. The van der Waals surface area contributed by atoms with E-state index in [2.05, 4.69) is 39.6 Å². The highest BCUT2D eigenvalue weighted by Crippen LogP contribution is 2.24. The summed E-state index contributed by atoms with van der Waals surface area (Å²) in [6.07, 6.45) is 0.818. The third-order valence-corrected chi connectivity index (χ3v) is 3.63. The Bertz CT molecular complexity index is 208. The molecule has 0 bridgehead atoms. The first-order chi connectivity index (χ1) is 7.83. The quantitative estimate of drug-likeness (QED) is 0.662. The molecule has 0 fully saturated rings. The number of rotatable bonds is 8. The molecule has 4 nitrogen and oxygen atoms in total. The molecule has 0 amide bonds. The Morgan fingerprint density at radius 1 is 1.18 bits per heavy atom. The zero-order valence-corrected chi connectivity index (χ0v) is 12.5. The number of methoxy groups -OCH3 is 2. The Morgan fingerprint density at radius 3 is 1.94 bits per heavy atom. The molecule has 0 heterocycles. The molecule has 2 unspecified atom stereocenters. The van der Waals surface area contributed by atoms with Crippen LogP contribution in [0, 0.1) is 5.92 Å².